The van der Waals surface area contributed by atoms with E-state index in [4.69, 9.17) is 16.0 Å². The maximum absolute atomic E-state index is 6.27. The Morgan fingerprint density at radius 3 is 1.89 bits per heavy atom. The van der Waals surface area contributed by atoms with Crippen LogP contribution in [0.15, 0.2) is 24.3 Å². The van der Waals surface area contributed by atoms with Gasteiger partial charge in [0, 0.05) is 10.6 Å². The van der Waals surface area contributed by atoms with Crippen LogP contribution in [0.5, 0.6) is 0 Å². The predicted octanol–water partition coefficient (Wildman–Crippen LogP) is 5.45. The second-order valence-corrected chi connectivity index (χ2v) is 20.8. The molecule has 1 aromatic rings. The molecule has 1 nitrogen and oxygen atoms in total. The Hall–Kier alpha value is 0.0738. The van der Waals surface area contributed by atoms with Crippen molar-refractivity contribution in [2.24, 2.45) is 0 Å². The highest BCUT2D eigenvalue weighted by Gasteiger charge is 2.21. The molecule has 0 aromatic heterocycles. The molecule has 0 radical (unpaired) electrons. The van der Waals surface area contributed by atoms with Crippen LogP contribution in [-0.2, 0) is 4.43 Å². The van der Waals surface area contributed by atoms with E-state index in [0.29, 0.717) is 0 Å². The molecule has 0 atom stereocenters. The van der Waals surface area contributed by atoms with Gasteiger partial charge in [0.15, 0.2) is 8.32 Å². The van der Waals surface area contributed by atoms with Gasteiger partial charge in [0.05, 0.1) is 5.48 Å². The molecular formula is C13H22ClOPSi2. The van der Waals surface area contributed by atoms with Gasteiger partial charge in [-0.1, -0.05) is 51.1 Å². The summed E-state index contributed by atoms with van der Waals surface area (Å²) in [7, 11) is -1.43. The fourth-order valence-corrected chi connectivity index (χ4v) is 6.67. The zero-order valence-corrected chi connectivity index (χ0v) is 15.7. The van der Waals surface area contributed by atoms with E-state index in [-0.39, 0.29) is 0 Å². The first-order valence-electron chi connectivity index (χ1n) is 6.12. The fourth-order valence-electron chi connectivity index (χ4n) is 1.33. The van der Waals surface area contributed by atoms with Gasteiger partial charge >= 0.3 is 0 Å². The summed E-state index contributed by atoms with van der Waals surface area (Å²) in [6, 6.07) is 7.99. The van der Waals surface area contributed by atoms with Gasteiger partial charge < -0.3 is 4.43 Å². The molecule has 0 heterocycles. The Bertz CT molecular complexity index is 430. The Morgan fingerprint density at radius 1 is 1.00 bits per heavy atom. The van der Waals surface area contributed by atoms with E-state index in [1.54, 1.807) is 0 Å². The highest BCUT2D eigenvalue weighted by Crippen LogP contribution is 2.25. The zero-order chi connectivity index (χ0) is 14.0. The smallest absolute Gasteiger partial charge is 0.192 e. The quantitative estimate of drug-likeness (QED) is 0.530. The molecule has 0 fully saturated rings. The van der Waals surface area contributed by atoms with Crippen LogP contribution in [0.4, 0.5) is 0 Å². The normalized spacial score (nSPS) is 13.8. The topological polar surface area (TPSA) is 9.23 Å². The molecule has 0 saturated heterocycles. The molecule has 0 bridgehead atoms. The van der Waals surface area contributed by atoms with Crippen LogP contribution < -0.4 is 0 Å². The first-order chi connectivity index (χ1) is 8.07. The van der Waals surface area contributed by atoms with Crippen LogP contribution in [0.3, 0.4) is 0 Å². The third kappa shape index (κ3) is 6.30. The SMILES string of the molecule is C[Si](C)(C)OC(=P[Si](C)(C)C)c1ccc(Cl)cc1. The molecule has 0 spiro atoms. The summed E-state index contributed by atoms with van der Waals surface area (Å²) in [4.78, 5) is 0. The van der Waals surface area contributed by atoms with Crippen molar-refractivity contribution in [3.63, 3.8) is 0 Å². The van der Waals surface area contributed by atoms with Gasteiger partial charge in [0.2, 0.25) is 0 Å². The third-order valence-corrected chi connectivity index (χ3v) is 7.02. The molecule has 0 aliphatic heterocycles. The number of rotatable bonds is 4. The zero-order valence-electron chi connectivity index (χ0n) is 12.0. The number of hydrogen-bond donors (Lipinski definition) is 0. The lowest BCUT2D eigenvalue weighted by atomic mass is 10.2. The Morgan fingerprint density at radius 2 is 1.50 bits per heavy atom. The van der Waals surface area contributed by atoms with Crippen molar-refractivity contribution in [3.8, 4) is 0 Å². The molecular weight excluding hydrogens is 295 g/mol. The molecule has 0 N–H and O–H groups in total. The maximum Gasteiger partial charge on any atom is 0.192 e. The molecule has 0 aliphatic rings. The molecule has 1 rings (SSSR count). The van der Waals surface area contributed by atoms with Crippen molar-refractivity contribution >= 4 is 40.9 Å². The minimum Gasteiger partial charge on any atom is -0.382 e. The van der Waals surface area contributed by atoms with Crippen molar-refractivity contribution in [1.82, 2.24) is 0 Å². The van der Waals surface area contributed by atoms with Crippen LogP contribution in [-0.4, -0.2) is 21.5 Å². The molecule has 18 heavy (non-hydrogen) atoms. The van der Waals surface area contributed by atoms with E-state index in [9.17, 15) is 0 Å². The van der Waals surface area contributed by atoms with Crippen molar-refractivity contribution < 1.29 is 4.43 Å². The van der Waals surface area contributed by atoms with Gasteiger partial charge in [-0.25, -0.2) is 0 Å². The third-order valence-electron chi connectivity index (χ3n) is 1.93. The summed E-state index contributed by atoms with van der Waals surface area (Å²) in [6.07, 6.45) is 0. The van der Waals surface area contributed by atoms with E-state index in [1.165, 1.54) is 13.3 Å². The van der Waals surface area contributed by atoms with E-state index < -0.39 is 16.1 Å². The van der Waals surface area contributed by atoms with E-state index in [0.717, 1.165) is 10.5 Å². The molecule has 1 aromatic carbocycles. The summed E-state index contributed by atoms with van der Waals surface area (Å²) < 4.78 is 6.27. The first kappa shape index (κ1) is 16.1. The van der Waals surface area contributed by atoms with Crippen molar-refractivity contribution in [2.45, 2.75) is 39.3 Å². The van der Waals surface area contributed by atoms with Gasteiger partial charge in [0.1, 0.15) is 7.74 Å². The van der Waals surface area contributed by atoms with Crippen molar-refractivity contribution in [2.75, 3.05) is 0 Å². The minimum absolute atomic E-state index is 0.774. The molecule has 0 saturated carbocycles. The van der Waals surface area contributed by atoms with Crippen LogP contribution in [0.2, 0.25) is 44.3 Å². The van der Waals surface area contributed by atoms with E-state index >= 15 is 0 Å². The second kappa shape index (κ2) is 6.02. The van der Waals surface area contributed by atoms with Crippen molar-refractivity contribution in [3.05, 3.63) is 34.9 Å². The van der Waals surface area contributed by atoms with E-state index in [1.807, 2.05) is 12.1 Å². The van der Waals surface area contributed by atoms with Gasteiger partial charge in [-0.05, 0) is 31.8 Å². The Balaban J connectivity index is 3.13. The highest BCUT2D eigenvalue weighted by molar-refractivity contribution is 7.81. The minimum atomic E-state index is -1.57. The summed E-state index contributed by atoms with van der Waals surface area (Å²) >= 11 is 5.95. The Kier molecular flexibility index (Phi) is 5.39. The lowest BCUT2D eigenvalue weighted by Gasteiger charge is -2.22. The standard InChI is InChI=1S/C13H22ClOPSi2/c1-17(2,3)15-13(16-18(4,5)6)11-7-9-12(14)10-8-11/h7-10H,1-6H3. The lowest BCUT2D eigenvalue weighted by Crippen LogP contribution is -2.30. The lowest BCUT2D eigenvalue weighted by molar-refractivity contribution is 0.567. The molecule has 100 valence electrons. The average molecular weight is 317 g/mol. The fraction of sp³-hybridized carbons (Fsp3) is 0.462. The molecule has 0 amide bonds. The monoisotopic (exact) mass is 316 g/mol. The predicted molar refractivity (Wildman–Crippen MR) is 90.3 cm³/mol. The highest BCUT2D eigenvalue weighted by atomic mass is 35.5. The Labute approximate surface area is 119 Å². The van der Waals surface area contributed by atoms with Crippen LogP contribution >= 0.6 is 19.4 Å². The summed E-state index contributed by atoms with van der Waals surface area (Å²) in [6.45, 7) is 13.8. The summed E-state index contributed by atoms with van der Waals surface area (Å²) in [5.41, 5.74) is 2.30. The first-order valence-corrected chi connectivity index (χ1v) is 15.1. The van der Waals surface area contributed by atoms with E-state index in [2.05, 4.69) is 51.4 Å². The molecule has 0 unspecified atom stereocenters. The number of hydrogen-bond acceptors (Lipinski definition) is 1. The van der Waals surface area contributed by atoms with Gasteiger partial charge in [-0.15, -0.1) is 0 Å². The van der Waals surface area contributed by atoms with Crippen LogP contribution in [0.25, 0.3) is 0 Å². The number of benzene rings is 1. The van der Waals surface area contributed by atoms with Crippen LogP contribution in [0.1, 0.15) is 5.56 Å². The van der Waals surface area contributed by atoms with Crippen LogP contribution in [0, 0.1) is 0 Å². The van der Waals surface area contributed by atoms with Gasteiger partial charge in [-0.2, -0.15) is 0 Å². The number of halogens is 1. The average Bonchev–Trinajstić information content (AvgIpc) is 2.13. The summed E-state index contributed by atoms with van der Waals surface area (Å²) in [5.74, 6) is 0. The molecule has 5 heteroatoms. The second-order valence-electron chi connectivity index (χ2n) is 6.31. The molecule has 0 aliphatic carbocycles. The maximum atomic E-state index is 6.27. The summed E-state index contributed by atoms with van der Waals surface area (Å²) in [5, 5.41) is 0.774. The van der Waals surface area contributed by atoms with Gasteiger partial charge in [0.25, 0.3) is 0 Å². The van der Waals surface area contributed by atoms with Gasteiger partial charge in [-0.3, -0.25) is 0 Å². The van der Waals surface area contributed by atoms with Crippen molar-refractivity contribution in [1.29, 1.82) is 0 Å². The largest absolute Gasteiger partial charge is 0.382 e.